The summed E-state index contributed by atoms with van der Waals surface area (Å²) in [6, 6.07) is -0.401. The number of Topliss-reactive ketones (excluding diaryl/α,β-unsaturated/α-hetero) is 1. The zero-order chi connectivity index (χ0) is 13.1. The van der Waals surface area contributed by atoms with Crippen LogP contribution in [0.15, 0.2) is 0 Å². The fraction of sp³-hybridized carbons (Fsp3) is 0.846. The first-order valence-corrected chi connectivity index (χ1v) is 5.73. The molecule has 1 amide bonds. The minimum absolute atomic E-state index is 0.00904. The molecule has 1 N–H and O–H groups in total. The highest BCUT2D eigenvalue weighted by molar-refractivity contribution is 5.88. The lowest BCUT2D eigenvalue weighted by atomic mass is 9.84. The summed E-state index contributed by atoms with van der Waals surface area (Å²) >= 11 is 0. The summed E-state index contributed by atoms with van der Waals surface area (Å²) < 4.78 is 0. The van der Waals surface area contributed by atoms with Crippen molar-refractivity contribution in [1.29, 1.82) is 0 Å². The van der Waals surface area contributed by atoms with Crippen LogP contribution in [0.2, 0.25) is 0 Å². The van der Waals surface area contributed by atoms with Crippen molar-refractivity contribution in [3.8, 4) is 0 Å². The lowest BCUT2D eigenvalue weighted by molar-refractivity contribution is -0.130. The number of carbonyl (C=O) groups excluding carboxylic acids is 2. The van der Waals surface area contributed by atoms with Crippen molar-refractivity contribution in [3.05, 3.63) is 0 Å². The summed E-state index contributed by atoms with van der Waals surface area (Å²) in [5.74, 6) is -0.0441. The van der Waals surface area contributed by atoms with Gasteiger partial charge >= 0.3 is 0 Å². The van der Waals surface area contributed by atoms with Gasteiger partial charge in [0, 0.05) is 6.42 Å². The first kappa shape index (κ1) is 15.1. The second kappa shape index (κ2) is 4.98. The average molecular weight is 227 g/mol. The second-order valence-electron chi connectivity index (χ2n) is 6.71. The predicted molar refractivity (Wildman–Crippen MR) is 66.1 cm³/mol. The lowest BCUT2D eigenvalue weighted by Crippen LogP contribution is -2.48. The van der Waals surface area contributed by atoms with Gasteiger partial charge in [0.15, 0.2) is 5.78 Å². The number of nitrogens with one attached hydrogen (secondary N) is 1. The van der Waals surface area contributed by atoms with Gasteiger partial charge in [0.25, 0.3) is 0 Å². The van der Waals surface area contributed by atoms with E-state index in [0.29, 0.717) is 6.42 Å². The molecule has 0 aliphatic rings. The third-order valence-electron chi connectivity index (χ3n) is 2.27. The highest BCUT2D eigenvalue weighted by Crippen LogP contribution is 2.22. The van der Waals surface area contributed by atoms with Crippen LogP contribution < -0.4 is 5.32 Å². The highest BCUT2D eigenvalue weighted by atomic mass is 16.2. The molecule has 0 aliphatic carbocycles. The largest absolute Gasteiger partial charge is 0.346 e. The predicted octanol–water partition coefficient (Wildman–Crippen LogP) is 2.54. The van der Waals surface area contributed by atoms with Gasteiger partial charge in [-0.25, -0.2) is 0 Å². The first-order valence-electron chi connectivity index (χ1n) is 5.73. The third kappa shape index (κ3) is 5.89. The molecule has 0 unspecified atom stereocenters. The van der Waals surface area contributed by atoms with E-state index in [0.717, 1.165) is 0 Å². The standard InChI is InChI=1S/C13H25NO2/c1-9(15)11(13(5,6)7)14-10(16)8-12(2,3)4/h11H,8H2,1-7H3,(H,14,16)/t11-/m1/s1. The molecule has 0 aromatic carbocycles. The Kier molecular flexibility index (Phi) is 4.71. The molecule has 16 heavy (non-hydrogen) atoms. The average Bonchev–Trinajstić information content (AvgIpc) is 1.93. The minimum atomic E-state index is -0.401. The van der Waals surface area contributed by atoms with Crippen LogP contribution in [-0.2, 0) is 9.59 Å². The summed E-state index contributed by atoms with van der Waals surface area (Å²) in [7, 11) is 0. The van der Waals surface area contributed by atoms with E-state index < -0.39 is 6.04 Å². The van der Waals surface area contributed by atoms with Crippen molar-refractivity contribution in [1.82, 2.24) is 5.32 Å². The Bertz CT molecular complexity index is 269. The number of carbonyl (C=O) groups is 2. The number of amides is 1. The highest BCUT2D eigenvalue weighted by Gasteiger charge is 2.30. The Balaban J connectivity index is 4.56. The second-order valence-corrected chi connectivity index (χ2v) is 6.71. The molecule has 0 aliphatic heterocycles. The Morgan fingerprint density at radius 3 is 1.75 bits per heavy atom. The van der Waals surface area contributed by atoms with Gasteiger partial charge in [-0.3, -0.25) is 9.59 Å². The van der Waals surface area contributed by atoms with Crippen molar-refractivity contribution in [3.63, 3.8) is 0 Å². The molecule has 0 fully saturated rings. The topological polar surface area (TPSA) is 46.2 Å². The van der Waals surface area contributed by atoms with Crippen molar-refractivity contribution in [2.24, 2.45) is 10.8 Å². The summed E-state index contributed by atoms with van der Waals surface area (Å²) in [5.41, 5.74) is -0.289. The zero-order valence-corrected chi connectivity index (χ0v) is 11.6. The summed E-state index contributed by atoms with van der Waals surface area (Å²) in [6.45, 7) is 13.4. The maximum absolute atomic E-state index is 11.8. The molecule has 0 rings (SSSR count). The van der Waals surface area contributed by atoms with Crippen LogP contribution in [0.3, 0.4) is 0 Å². The Morgan fingerprint density at radius 1 is 1.06 bits per heavy atom. The van der Waals surface area contributed by atoms with Crippen LogP contribution in [0.5, 0.6) is 0 Å². The van der Waals surface area contributed by atoms with Gasteiger partial charge in [-0.1, -0.05) is 41.5 Å². The zero-order valence-electron chi connectivity index (χ0n) is 11.6. The van der Waals surface area contributed by atoms with Gasteiger partial charge in [0.2, 0.25) is 5.91 Å². The molecular formula is C13H25NO2. The van der Waals surface area contributed by atoms with Crippen LogP contribution in [0, 0.1) is 10.8 Å². The molecule has 0 aromatic rings. The first-order chi connectivity index (χ1) is 6.93. The van der Waals surface area contributed by atoms with Gasteiger partial charge in [0.1, 0.15) is 0 Å². The molecule has 0 spiro atoms. The monoisotopic (exact) mass is 227 g/mol. The van der Waals surface area contributed by atoms with Crippen LogP contribution >= 0.6 is 0 Å². The van der Waals surface area contributed by atoms with E-state index in [4.69, 9.17) is 0 Å². The van der Waals surface area contributed by atoms with Gasteiger partial charge < -0.3 is 5.32 Å². The van der Waals surface area contributed by atoms with Gasteiger partial charge in [0.05, 0.1) is 6.04 Å². The van der Waals surface area contributed by atoms with E-state index in [1.54, 1.807) is 0 Å². The van der Waals surface area contributed by atoms with E-state index in [1.807, 2.05) is 41.5 Å². The molecule has 0 aromatic heterocycles. The number of hydrogen-bond acceptors (Lipinski definition) is 2. The summed E-state index contributed by atoms with van der Waals surface area (Å²) in [5, 5.41) is 2.82. The van der Waals surface area contributed by atoms with Crippen LogP contribution in [0.1, 0.15) is 54.9 Å². The van der Waals surface area contributed by atoms with Crippen molar-refractivity contribution < 1.29 is 9.59 Å². The fourth-order valence-corrected chi connectivity index (χ4v) is 1.62. The van der Waals surface area contributed by atoms with Gasteiger partial charge in [-0.2, -0.15) is 0 Å². The van der Waals surface area contributed by atoms with E-state index in [2.05, 4.69) is 5.32 Å². The van der Waals surface area contributed by atoms with Gasteiger partial charge in [-0.15, -0.1) is 0 Å². The molecule has 0 saturated carbocycles. The Labute approximate surface area is 99.0 Å². The normalized spacial score (nSPS) is 14.4. The van der Waals surface area contributed by atoms with Crippen LogP contribution in [-0.4, -0.2) is 17.7 Å². The summed E-state index contributed by atoms with van der Waals surface area (Å²) in [6.07, 6.45) is 0.437. The maximum atomic E-state index is 11.8. The third-order valence-corrected chi connectivity index (χ3v) is 2.27. The molecule has 0 bridgehead atoms. The van der Waals surface area contributed by atoms with E-state index in [-0.39, 0.29) is 22.5 Å². The minimum Gasteiger partial charge on any atom is -0.346 e. The summed E-state index contributed by atoms with van der Waals surface area (Å²) in [4.78, 5) is 23.2. The molecule has 0 saturated heterocycles. The number of rotatable bonds is 3. The molecule has 1 atom stereocenters. The molecule has 0 radical (unpaired) electrons. The van der Waals surface area contributed by atoms with E-state index in [1.165, 1.54) is 6.92 Å². The SMILES string of the molecule is CC(=O)[C@@H](NC(=O)CC(C)(C)C)C(C)(C)C. The molecular weight excluding hydrogens is 202 g/mol. The van der Waals surface area contributed by atoms with Crippen LogP contribution in [0.25, 0.3) is 0 Å². The van der Waals surface area contributed by atoms with E-state index in [9.17, 15) is 9.59 Å². The number of ketones is 1. The van der Waals surface area contributed by atoms with E-state index >= 15 is 0 Å². The molecule has 3 heteroatoms. The van der Waals surface area contributed by atoms with Crippen molar-refractivity contribution in [2.75, 3.05) is 0 Å². The Hall–Kier alpha value is -0.860. The molecule has 3 nitrogen and oxygen atoms in total. The molecule has 94 valence electrons. The van der Waals surface area contributed by atoms with Crippen molar-refractivity contribution >= 4 is 11.7 Å². The lowest BCUT2D eigenvalue weighted by Gasteiger charge is -2.30. The van der Waals surface area contributed by atoms with Crippen LogP contribution in [0.4, 0.5) is 0 Å². The number of hydrogen-bond donors (Lipinski definition) is 1. The molecule has 0 heterocycles. The fourth-order valence-electron chi connectivity index (χ4n) is 1.62. The Morgan fingerprint density at radius 2 is 1.50 bits per heavy atom. The van der Waals surface area contributed by atoms with Gasteiger partial charge in [-0.05, 0) is 17.8 Å². The van der Waals surface area contributed by atoms with Crippen molar-refractivity contribution in [2.45, 2.75) is 60.9 Å². The quantitative estimate of drug-likeness (QED) is 0.805. The smallest absolute Gasteiger partial charge is 0.221 e. The maximum Gasteiger partial charge on any atom is 0.221 e.